The quantitative estimate of drug-likeness (QED) is 0.252. The van der Waals surface area contributed by atoms with E-state index in [1.807, 2.05) is 0 Å². The van der Waals surface area contributed by atoms with Crippen LogP contribution in [0.15, 0.2) is 53.4 Å². The second-order valence-corrected chi connectivity index (χ2v) is 9.24. The summed E-state index contributed by atoms with van der Waals surface area (Å²) < 4.78 is 44.7. The van der Waals surface area contributed by atoms with E-state index in [4.69, 9.17) is 39.5 Å². The maximum absolute atomic E-state index is 13.4. The number of benzene rings is 1. The highest BCUT2D eigenvalue weighted by Gasteiger charge is 2.29. The standard InChI is InChI=1S/C22H13Cl3F3N5O3S/c23-11-6-13(20(34)30-10-22(26,27)28)18(15(25)7-11)31-21(35)16-8-17(36-12-3-5-37-9-12)32-33(16)19-14(24)2-1-4-29-19/h1-9H,10H2,(H,30,34)(H,31,35). The second kappa shape index (κ2) is 11.0. The van der Waals surface area contributed by atoms with Crippen LogP contribution in [-0.4, -0.2) is 39.3 Å². The van der Waals surface area contributed by atoms with Crippen molar-refractivity contribution in [3.63, 3.8) is 0 Å². The molecule has 3 heterocycles. The van der Waals surface area contributed by atoms with Crippen LogP contribution in [0, 0.1) is 0 Å². The van der Waals surface area contributed by atoms with E-state index in [0.29, 0.717) is 5.75 Å². The number of carbonyl (C=O) groups excluding carboxylic acids is 2. The lowest BCUT2D eigenvalue weighted by atomic mass is 10.1. The van der Waals surface area contributed by atoms with E-state index in [1.165, 1.54) is 35.7 Å². The molecular weight excluding hydrogens is 578 g/mol. The number of aromatic nitrogens is 3. The minimum Gasteiger partial charge on any atom is -0.437 e. The molecule has 1 aromatic carbocycles. The first-order valence-corrected chi connectivity index (χ1v) is 12.2. The van der Waals surface area contributed by atoms with Gasteiger partial charge in [0.1, 0.15) is 18.0 Å². The third kappa shape index (κ3) is 6.52. The summed E-state index contributed by atoms with van der Waals surface area (Å²) in [6.07, 6.45) is -3.22. The lowest BCUT2D eigenvalue weighted by molar-refractivity contribution is -0.123. The molecular formula is C22H13Cl3F3N5O3S. The van der Waals surface area contributed by atoms with Gasteiger partial charge in [-0.3, -0.25) is 9.59 Å². The van der Waals surface area contributed by atoms with Gasteiger partial charge in [0.15, 0.2) is 5.82 Å². The summed E-state index contributed by atoms with van der Waals surface area (Å²) in [7, 11) is 0. The Hall–Kier alpha value is -3.32. The predicted octanol–water partition coefficient (Wildman–Crippen LogP) is 6.63. The fraction of sp³-hybridized carbons (Fsp3) is 0.0909. The van der Waals surface area contributed by atoms with E-state index in [2.05, 4.69) is 15.4 Å². The van der Waals surface area contributed by atoms with Crippen LogP contribution in [0.5, 0.6) is 11.6 Å². The van der Waals surface area contributed by atoms with Crippen molar-refractivity contribution in [3.8, 4) is 17.4 Å². The Morgan fingerprint density at radius 1 is 1.08 bits per heavy atom. The zero-order valence-electron chi connectivity index (χ0n) is 18.1. The fourth-order valence-corrected chi connectivity index (χ4v) is 4.32. The zero-order valence-corrected chi connectivity index (χ0v) is 21.2. The van der Waals surface area contributed by atoms with E-state index in [0.717, 1.165) is 10.7 Å². The fourth-order valence-electron chi connectivity index (χ4n) is 3.03. The number of hydrogen-bond acceptors (Lipinski definition) is 6. The molecule has 0 unspecified atom stereocenters. The van der Waals surface area contributed by atoms with E-state index in [1.54, 1.807) is 28.2 Å². The van der Waals surface area contributed by atoms with Gasteiger partial charge in [0.2, 0.25) is 5.88 Å². The topological polar surface area (TPSA) is 98.1 Å². The number of nitrogens with one attached hydrogen (secondary N) is 2. The molecule has 0 aliphatic rings. The molecule has 0 saturated heterocycles. The lowest BCUT2D eigenvalue weighted by Gasteiger charge is -2.15. The molecule has 0 radical (unpaired) electrons. The van der Waals surface area contributed by atoms with E-state index >= 15 is 0 Å². The van der Waals surface area contributed by atoms with Crippen molar-refractivity contribution in [3.05, 3.63) is 79.7 Å². The van der Waals surface area contributed by atoms with Crippen LogP contribution in [0.3, 0.4) is 0 Å². The van der Waals surface area contributed by atoms with Gasteiger partial charge in [-0.25, -0.2) is 9.67 Å². The third-order valence-electron chi connectivity index (χ3n) is 4.56. The molecule has 4 rings (SSSR count). The van der Waals surface area contributed by atoms with Gasteiger partial charge < -0.3 is 15.4 Å². The van der Waals surface area contributed by atoms with Crippen molar-refractivity contribution in [2.45, 2.75) is 6.18 Å². The molecule has 0 atom stereocenters. The molecule has 2 N–H and O–H groups in total. The zero-order chi connectivity index (χ0) is 26.7. The molecule has 37 heavy (non-hydrogen) atoms. The normalized spacial score (nSPS) is 11.3. The molecule has 0 aliphatic carbocycles. The van der Waals surface area contributed by atoms with Crippen LogP contribution in [-0.2, 0) is 0 Å². The maximum Gasteiger partial charge on any atom is 0.405 e. The van der Waals surface area contributed by atoms with E-state index in [-0.39, 0.29) is 43.7 Å². The molecule has 0 aliphatic heterocycles. The summed E-state index contributed by atoms with van der Waals surface area (Å²) >= 11 is 19.8. The molecule has 2 amide bonds. The molecule has 0 spiro atoms. The van der Waals surface area contributed by atoms with Gasteiger partial charge >= 0.3 is 6.18 Å². The molecule has 15 heteroatoms. The third-order valence-corrected chi connectivity index (χ3v) is 6.04. The van der Waals surface area contributed by atoms with Crippen molar-refractivity contribution in [2.75, 3.05) is 11.9 Å². The molecule has 4 aromatic rings. The highest BCUT2D eigenvalue weighted by Crippen LogP contribution is 2.32. The van der Waals surface area contributed by atoms with Gasteiger partial charge in [-0.15, -0.1) is 16.4 Å². The summed E-state index contributed by atoms with van der Waals surface area (Å²) in [6.45, 7) is -1.60. The number of halogens is 6. The van der Waals surface area contributed by atoms with Crippen LogP contribution in [0.1, 0.15) is 20.8 Å². The number of ether oxygens (including phenoxy) is 1. The molecule has 0 fully saturated rings. The molecule has 8 nitrogen and oxygen atoms in total. The molecule has 0 bridgehead atoms. The summed E-state index contributed by atoms with van der Waals surface area (Å²) in [5.74, 6) is -1.41. The van der Waals surface area contributed by atoms with Crippen molar-refractivity contribution < 1.29 is 27.5 Å². The molecule has 192 valence electrons. The average Bonchev–Trinajstić information content (AvgIpc) is 3.49. The maximum atomic E-state index is 13.4. The number of pyridine rings is 1. The average molecular weight is 591 g/mol. The Balaban J connectivity index is 1.71. The number of anilines is 1. The number of carbonyl (C=O) groups is 2. The Bertz CT molecular complexity index is 1460. The highest BCUT2D eigenvalue weighted by molar-refractivity contribution is 7.08. The van der Waals surface area contributed by atoms with Crippen molar-refractivity contribution in [1.82, 2.24) is 20.1 Å². The minimum atomic E-state index is -4.66. The van der Waals surface area contributed by atoms with Crippen LogP contribution in [0.2, 0.25) is 15.1 Å². The van der Waals surface area contributed by atoms with Gasteiger partial charge in [-0.05, 0) is 35.7 Å². The van der Waals surface area contributed by atoms with Crippen LogP contribution >= 0.6 is 46.1 Å². The van der Waals surface area contributed by atoms with E-state index in [9.17, 15) is 22.8 Å². The van der Waals surface area contributed by atoms with Crippen LogP contribution in [0.25, 0.3) is 5.82 Å². The number of thiophene rings is 1. The van der Waals surface area contributed by atoms with Crippen LogP contribution < -0.4 is 15.4 Å². The Morgan fingerprint density at radius 3 is 2.54 bits per heavy atom. The first-order chi connectivity index (χ1) is 17.5. The second-order valence-electron chi connectivity index (χ2n) is 7.21. The molecule has 0 saturated carbocycles. The van der Waals surface area contributed by atoms with Crippen molar-refractivity contribution in [1.29, 1.82) is 0 Å². The Labute approximate surface area is 225 Å². The summed E-state index contributed by atoms with van der Waals surface area (Å²) in [5, 5.41) is 11.9. The predicted molar refractivity (Wildman–Crippen MR) is 134 cm³/mol. The first kappa shape index (κ1) is 26.7. The Kier molecular flexibility index (Phi) is 7.93. The largest absolute Gasteiger partial charge is 0.437 e. The van der Waals surface area contributed by atoms with Gasteiger partial charge in [-0.1, -0.05) is 34.8 Å². The summed E-state index contributed by atoms with van der Waals surface area (Å²) in [5.41, 5.74) is -0.777. The lowest BCUT2D eigenvalue weighted by Crippen LogP contribution is -2.34. The van der Waals surface area contributed by atoms with Gasteiger partial charge in [-0.2, -0.15) is 13.2 Å². The van der Waals surface area contributed by atoms with Crippen molar-refractivity contribution >= 4 is 63.6 Å². The number of rotatable bonds is 7. The number of alkyl halides is 3. The van der Waals surface area contributed by atoms with E-state index < -0.39 is 24.5 Å². The minimum absolute atomic E-state index is 0.0237. The summed E-state index contributed by atoms with van der Waals surface area (Å²) in [6, 6.07) is 8.40. The smallest absolute Gasteiger partial charge is 0.405 e. The number of nitrogens with zero attached hydrogens (tertiary/aromatic N) is 3. The summed E-state index contributed by atoms with van der Waals surface area (Å²) in [4.78, 5) is 30.0. The highest BCUT2D eigenvalue weighted by atomic mass is 35.5. The van der Waals surface area contributed by atoms with Crippen molar-refractivity contribution in [2.24, 2.45) is 0 Å². The number of amides is 2. The Morgan fingerprint density at radius 2 is 1.86 bits per heavy atom. The monoisotopic (exact) mass is 589 g/mol. The SMILES string of the molecule is O=C(NCC(F)(F)F)c1cc(Cl)cc(Cl)c1NC(=O)c1cc(Oc2ccsc2)nn1-c1ncccc1Cl. The van der Waals surface area contributed by atoms with Gasteiger partial charge in [0.05, 0.1) is 21.3 Å². The van der Waals surface area contributed by atoms with Gasteiger partial charge in [0, 0.05) is 22.7 Å². The molecule has 3 aromatic heterocycles. The number of hydrogen-bond donors (Lipinski definition) is 2. The first-order valence-electron chi connectivity index (χ1n) is 10.1. The van der Waals surface area contributed by atoms with Gasteiger partial charge in [0.25, 0.3) is 11.8 Å². The van der Waals surface area contributed by atoms with Crippen LogP contribution in [0.4, 0.5) is 18.9 Å².